The second-order valence-corrected chi connectivity index (χ2v) is 6.14. The minimum atomic E-state index is 0.638. The fourth-order valence-corrected chi connectivity index (χ4v) is 3.27. The van der Waals surface area contributed by atoms with Crippen molar-refractivity contribution in [1.82, 2.24) is 5.32 Å². The standard InChI is InChI=1S/C14H23NS/c1-2-10-15-12-14(7-4-8-14)9-6-13-5-3-11-16-13/h3,5,11,15H,2,4,6-10,12H2,1H3. The number of thiophene rings is 1. The van der Waals surface area contributed by atoms with Crippen LogP contribution in [0.5, 0.6) is 0 Å². The van der Waals surface area contributed by atoms with Crippen LogP contribution < -0.4 is 5.32 Å². The maximum absolute atomic E-state index is 3.61. The lowest BCUT2D eigenvalue weighted by Crippen LogP contribution is -2.40. The van der Waals surface area contributed by atoms with Gasteiger partial charge in [0, 0.05) is 11.4 Å². The van der Waals surface area contributed by atoms with Crippen LogP contribution in [0.1, 0.15) is 43.9 Å². The topological polar surface area (TPSA) is 12.0 Å². The average molecular weight is 237 g/mol. The van der Waals surface area contributed by atoms with Gasteiger partial charge in [-0.1, -0.05) is 19.4 Å². The van der Waals surface area contributed by atoms with E-state index >= 15 is 0 Å². The number of aryl methyl sites for hydroxylation is 1. The third-order valence-corrected chi connectivity index (χ3v) is 4.76. The molecular formula is C14H23NS. The van der Waals surface area contributed by atoms with Crippen molar-refractivity contribution in [2.24, 2.45) is 5.41 Å². The van der Waals surface area contributed by atoms with E-state index in [0.29, 0.717) is 5.41 Å². The summed E-state index contributed by atoms with van der Waals surface area (Å²) in [4.78, 5) is 1.56. The van der Waals surface area contributed by atoms with Gasteiger partial charge in [0.15, 0.2) is 0 Å². The zero-order chi connectivity index (χ0) is 11.3. The van der Waals surface area contributed by atoms with Gasteiger partial charge in [-0.3, -0.25) is 0 Å². The van der Waals surface area contributed by atoms with Crippen LogP contribution in [-0.2, 0) is 6.42 Å². The lowest BCUT2D eigenvalue weighted by Gasteiger charge is -2.42. The van der Waals surface area contributed by atoms with Crippen molar-refractivity contribution in [3.8, 4) is 0 Å². The summed E-state index contributed by atoms with van der Waals surface area (Å²) in [6.45, 7) is 4.67. The van der Waals surface area contributed by atoms with Crippen molar-refractivity contribution in [3.63, 3.8) is 0 Å². The average Bonchev–Trinajstić information content (AvgIpc) is 2.73. The van der Waals surface area contributed by atoms with Crippen LogP contribution in [0.4, 0.5) is 0 Å². The summed E-state index contributed by atoms with van der Waals surface area (Å²) in [5.41, 5.74) is 0.638. The molecule has 0 bridgehead atoms. The number of rotatable bonds is 7. The molecule has 0 amide bonds. The van der Waals surface area contributed by atoms with E-state index in [2.05, 4.69) is 29.8 Å². The van der Waals surface area contributed by atoms with E-state index in [4.69, 9.17) is 0 Å². The van der Waals surface area contributed by atoms with Crippen molar-refractivity contribution in [1.29, 1.82) is 0 Å². The summed E-state index contributed by atoms with van der Waals surface area (Å²) in [6.07, 6.45) is 8.24. The maximum atomic E-state index is 3.61. The van der Waals surface area contributed by atoms with Crippen LogP contribution in [-0.4, -0.2) is 13.1 Å². The molecule has 90 valence electrons. The van der Waals surface area contributed by atoms with E-state index in [0.717, 1.165) is 0 Å². The molecule has 0 aromatic carbocycles. The first-order chi connectivity index (χ1) is 7.85. The van der Waals surface area contributed by atoms with Gasteiger partial charge >= 0.3 is 0 Å². The number of hydrogen-bond donors (Lipinski definition) is 1. The Morgan fingerprint density at radius 3 is 2.88 bits per heavy atom. The van der Waals surface area contributed by atoms with Gasteiger partial charge in [0.25, 0.3) is 0 Å². The van der Waals surface area contributed by atoms with Gasteiger partial charge < -0.3 is 5.32 Å². The molecule has 0 radical (unpaired) electrons. The van der Waals surface area contributed by atoms with Gasteiger partial charge in [-0.05, 0) is 55.5 Å². The molecule has 1 nitrogen and oxygen atoms in total. The third-order valence-electron chi connectivity index (χ3n) is 3.82. The largest absolute Gasteiger partial charge is 0.316 e. The molecule has 0 atom stereocenters. The van der Waals surface area contributed by atoms with E-state index in [9.17, 15) is 0 Å². The zero-order valence-corrected chi connectivity index (χ0v) is 11.1. The van der Waals surface area contributed by atoms with E-state index in [1.165, 1.54) is 51.6 Å². The Hall–Kier alpha value is -0.340. The van der Waals surface area contributed by atoms with Crippen LogP contribution >= 0.6 is 11.3 Å². The Morgan fingerprint density at radius 1 is 1.44 bits per heavy atom. The Kier molecular flexibility index (Phi) is 4.42. The molecular weight excluding hydrogens is 214 g/mol. The molecule has 1 heterocycles. The van der Waals surface area contributed by atoms with E-state index in [1.807, 2.05) is 11.3 Å². The molecule has 1 N–H and O–H groups in total. The highest BCUT2D eigenvalue weighted by atomic mass is 32.1. The van der Waals surface area contributed by atoms with Crippen LogP contribution in [0.2, 0.25) is 0 Å². The molecule has 0 saturated heterocycles. The van der Waals surface area contributed by atoms with Crippen molar-refractivity contribution >= 4 is 11.3 Å². The van der Waals surface area contributed by atoms with Gasteiger partial charge in [-0.15, -0.1) is 11.3 Å². The molecule has 2 rings (SSSR count). The lowest BCUT2D eigenvalue weighted by atomic mass is 9.66. The molecule has 2 heteroatoms. The van der Waals surface area contributed by atoms with Gasteiger partial charge in [0.05, 0.1) is 0 Å². The first-order valence-electron chi connectivity index (χ1n) is 6.58. The third kappa shape index (κ3) is 3.08. The van der Waals surface area contributed by atoms with Crippen LogP contribution in [0.15, 0.2) is 17.5 Å². The lowest BCUT2D eigenvalue weighted by molar-refractivity contribution is 0.118. The van der Waals surface area contributed by atoms with E-state index in [-0.39, 0.29) is 0 Å². The maximum Gasteiger partial charge on any atom is 0.00454 e. The second kappa shape index (κ2) is 5.83. The highest BCUT2D eigenvalue weighted by Crippen LogP contribution is 2.44. The second-order valence-electron chi connectivity index (χ2n) is 5.11. The first-order valence-corrected chi connectivity index (χ1v) is 7.46. The highest BCUT2D eigenvalue weighted by Gasteiger charge is 2.35. The Morgan fingerprint density at radius 2 is 2.31 bits per heavy atom. The molecule has 1 aromatic rings. The molecule has 16 heavy (non-hydrogen) atoms. The van der Waals surface area contributed by atoms with Gasteiger partial charge in [-0.25, -0.2) is 0 Å². The van der Waals surface area contributed by atoms with Gasteiger partial charge in [-0.2, -0.15) is 0 Å². The smallest absolute Gasteiger partial charge is 0.00454 e. The molecule has 1 saturated carbocycles. The molecule has 1 aliphatic carbocycles. The minimum Gasteiger partial charge on any atom is -0.316 e. The monoisotopic (exact) mass is 237 g/mol. The van der Waals surface area contributed by atoms with Crippen molar-refractivity contribution in [3.05, 3.63) is 22.4 Å². The molecule has 0 aliphatic heterocycles. The summed E-state index contributed by atoms with van der Waals surface area (Å²) < 4.78 is 0. The zero-order valence-electron chi connectivity index (χ0n) is 10.3. The van der Waals surface area contributed by atoms with Crippen LogP contribution in [0, 0.1) is 5.41 Å². The summed E-state index contributed by atoms with van der Waals surface area (Å²) >= 11 is 1.91. The van der Waals surface area contributed by atoms with Crippen molar-refractivity contribution in [2.75, 3.05) is 13.1 Å². The van der Waals surface area contributed by atoms with Crippen molar-refractivity contribution < 1.29 is 0 Å². The quantitative estimate of drug-likeness (QED) is 0.710. The van der Waals surface area contributed by atoms with Gasteiger partial charge in [0.1, 0.15) is 0 Å². The predicted molar refractivity (Wildman–Crippen MR) is 72.1 cm³/mol. The normalized spacial score (nSPS) is 18.3. The fraction of sp³-hybridized carbons (Fsp3) is 0.714. The summed E-state index contributed by atoms with van der Waals surface area (Å²) in [7, 11) is 0. The predicted octanol–water partition coefficient (Wildman–Crippen LogP) is 3.85. The Labute approximate surface area is 103 Å². The highest BCUT2D eigenvalue weighted by molar-refractivity contribution is 7.09. The number of nitrogens with one attached hydrogen (secondary N) is 1. The summed E-state index contributed by atoms with van der Waals surface area (Å²) in [5, 5.41) is 5.80. The van der Waals surface area contributed by atoms with Crippen LogP contribution in [0.25, 0.3) is 0 Å². The summed E-state index contributed by atoms with van der Waals surface area (Å²) in [6, 6.07) is 4.44. The first kappa shape index (κ1) is 12.1. The molecule has 1 aromatic heterocycles. The Bertz CT molecular complexity index is 288. The minimum absolute atomic E-state index is 0.638. The van der Waals surface area contributed by atoms with E-state index < -0.39 is 0 Å². The SMILES string of the molecule is CCCNCC1(CCc2cccs2)CCC1. The van der Waals surface area contributed by atoms with E-state index in [1.54, 1.807) is 4.88 Å². The van der Waals surface area contributed by atoms with Gasteiger partial charge in [0.2, 0.25) is 0 Å². The summed E-state index contributed by atoms with van der Waals surface area (Å²) in [5.74, 6) is 0. The number of hydrogen-bond acceptors (Lipinski definition) is 2. The molecule has 1 fully saturated rings. The molecule has 0 unspecified atom stereocenters. The fourth-order valence-electron chi connectivity index (χ4n) is 2.57. The Balaban J connectivity index is 1.76. The molecule has 0 spiro atoms. The van der Waals surface area contributed by atoms with Crippen LogP contribution in [0.3, 0.4) is 0 Å². The van der Waals surface area contributed by atoms with Crippen molar-refractivity contribution in [2.45, 2.75) is 45.4 Å². The molecule has 1 aliphatic rings.